The number of carbonyl (C=O) groups excluding carboxylic acids is 3. The van der Waals surface area contributed by atoms with Gasteiger partial charge in [0.05, 0.1) is 12.0 Å². The van der Waals surface area contributed by atoms with Gasteiger partial charge in [0, 0.05) is 16.8 Å². The molecule has 2 aromatic carbocycles. The van der Waals surface area contributed by atoms with Crippen molar-refractivity contribution in [2.24, 2.45) is 0 Å². The minimum atomic E-state index is -0.526. The van der Waals surface area contributed by atoms with E-state index in [1.807, 2.05) is 30.3 Å². The summed E-state index contributed by atoms with van der Waals surface area (Å²) in [4.78, 5) is 42.3. The van der Waals surface area contributed by atoms with Gasteiger partial charge in [-0.2, -0.15) is 0 Å². The lowest BCUT2D eigenvalue weighted by Gasteiger charge is -2.11. The quantitative estimate of drug-likeness (QED) is 0.383. The second kappa shape index (κ2) is 9.49. The van der Waals surface area contributed by atoms with Crippen molar-refractivity contribution in [3.63, 3.8) is 0 Å². The van der Waals surface area contributed by atoms with Crippen molar-refractivity contribution in [3.8, 4) is 10.6 Å². The number of anilines is 1. The number of nitrogens with one attached hydrogen (secondary N) is 3. The molecule has 2 aromatic heterocycles. The number of aryl methyl sites for hydroxylation is 2. The molecule has 9 heteroatoms. The maximum atomic E-state index is 12.6. The third kappa shape index (κ3) is 4.99. The number of thiazole rings is 1. The molecule has 3 amide bonds. The second-order valence-electron chi connectivity index (χ2n) is 7.17. The van der Waals surface area contributed by atoms with Crippen LogP contribution in [0.4, 0.5) is 5.69 Å². The van der Waals surface area contributed by atoms with Gasteiger partial charge in [0.2, 0.25) is 0 Å². The van der Waals surface area contributed by atoms with E-state index in [1.54, 1.807) is 38.1 Å². The summed E-state index contributed by atoms with van der Waals surface area (Å²) in [6, 6.07) is 17.5. The summed E-state index contributed by atoms with van der Waals surface area (Å²) in [7, 11) is 0. The smallest absolute Gasteiger partial charge is 0.291 e. The van der Waals surface area contributed by atoms with Gasteiger partial charge in [-0.25, -0.2) is 4.98 Å². The molecule has 0 saturated carbocycles. The summed E-state index contributed by atoms with van der Waals surface area (Å²) in [5.74, 6) is -1.25. The SMILES string of the molecule is Cc1ccc(C(=O)NNC(=O)c2sc(-c3ccccc3)nc2C)cc1NC(=O)c1ccco1. The van der Waals surface area contributed by atoms with Crippen LogP contribution in [-0.2, 0) is 0 Å². The molecule has 2 heterocycles. The predicted octanol–water partition coefficient (Wildman–Crippen LogP) is 4.35. The van der Waals surface area contributed by atoms with Crippen LogP contribution in [0.25, 0.3) is 10.6 Å². The maximum absolute atomic E-state index is 12.6. The van der Waals surface area contributed by atoms with Crippen LogP contribution in [0.15, 0.2) is 71.3 Å². The molecule has 0 unspecified atom stereocenters. The fourth-order valence-electron chi connectivity index (χ4n) is 3.04. The summed E-state index contributed by atoms with van der Waals surface area (Å²) < 4.78 is 5.09. The Morgan fingerprint density at radius 2 is 1.64 bits per heavy atom. The Balaban J connectivity index is 1.42. The molecule has 0 fully saturated rings. The highest BCUT2D eigenvalue weighted by Crippen LogP contribution is 2.27. The Labute approximate surface area is 193 Å². The van der Waals surface area contributed by atoms with E-state index in [9.17, 15) is 14.4 Å². The molecular weight excluding hydrogens is 440 g/mol. The summed E-state index contributed by atoms with van der Waals surface area (Å²) in [5, 5.41) is 3.44. The number of rotatable bonds is 5. The van der Waals surface area contributed by atoms with Crippen molar-refractivity contribution in [3.05, 3.63) is 94.4 Å². The number of hydrogen-bond acceptors (Lipinski definition) is 6. The molecule has 0 aliphatic carbocycles. The monoisotopic (exact) mass is 460 g/mol. The molecule has 0 aliphatic heterocycles. The molecule has 0 spiro atoms. The fourth-order valence-corrected chi connectivity index (χ4v) is 4.01. The van der Waals surface area contributed by atoms with Gasteiger partial charge in [-0.1, -0.05) is 36.4 Å². The van der Waals surface area contributed by atoms with Crippen molar-refractivity contribution < 1.29 is 18.8 Å². The minimum absolute atomic E-state index is 0.159. The molecule has 0 bridgehead atoms. The first-order chi connectivity index (χ1) is 15.9. The van der Waals surface area contributed by atoms with Gasteiger partial charge in [0.25, 0.3) is 17.7 Å². The van der Waals surface area contributed by atoms with Crippen molar-refractivity contribution in [2.75, 3.05) is 5.32 Å². The zero-order chi connectivity index (χ0) is 23.4. The highest BCUT2D eigenvalue weighted by molar-refractivity contribution is 7.17. The minimum Gasteiger partial charge on any atom is -0.459 e. The van der Waals surface area contributed by atoms with E-state index in [0.29, 0.717) is 16.3 Å². The Morgan fingerprint density at radius 3 is 2.36 bits per heavy atom. The van der Waals surface area contributed by atoms with E-state index in [4.69, 9.17) is 4.42 Å². The normalized spacial score (nSPS) is 10.5. The second-order valence-corrected chi connectivity index (χ2v) is 8.17. The van der Waals surface area contributed by atoms with Gasteiger partial charge in [0.15, 0.2) is 5.76 Å². The van der Waals surface area contributed by atoms with E-state index < -0.39 is 17.7 Å². The van der Waals surface area contributed by atoms with Crippen LogP contribution in [0.3, 0.4) is 0 Å². The molecule has 4 rings (SSSR count). The van der Waals surface area contributed by atoms with Gasteiger partial charge >= 0.3 is 0 Å². The first-order valence-electron chi connectivity index (χ1n) is 10.0. The van der Waals surface area contributed by atoms with Crippen LogP contribution >= 0.6 is 11.3 Å². The molecule has 33 heavy (non-hydrogen) atoms. The Morgan fingerprint density at radius 1 is 0.879 bits per heavy atom. The first-order valence-corrected chi connectivity index (χ1v) is 10.8. The third-order valence-electron chi connectivity index (χ3n) is 4.81. The molecule has 0 atom stereocenters. The van der Waals surface area contributed by atoms with Gasteiger partial charge in [-0.05, 0) is 43.7 Å². The molecular formula is C24H20N4O4S. The molecule has 0 saturated heterocycles. The molecule has 3 N–H and O–H groups in total. The van der Waals surface area contributed by atoms with E-state index in [1.165, 1.54) is 23.7 Å². The summed E-state index contributed by atoms with van der Waals surface area (Å²) in [6.45, 7) is 3.55. The third-order valence-corrected chi connectivity index (χ3v) is 6.01. The Kier molecular flexibility index (Phi) is 6.32. The maximum Gasteiger partial charge on any atom is 0.291 e. The lowest BCUT2D eigenvalue weighted by atomic mass is 10.1. The molecule has 0 radical (unpaired) electrons. The number of hydrazine groups is 1. The van der Waals surface area contributed by atoms with Gasteiger partial charge in [0.1, 0.15) is 9.88 Å². The highest BCUT2D eigenvalue weighted by Gasteiger charge is 2.18. The zero-order valence-corrected chi connectivity index (χ0v) is 18.7. The number of aromatic nitrogens is 1. The fraction of sp³-hybridized carbons (Fsp3) is 0.0833. The van der Waals surface area contributed by atoms with E-state index in [2.05, 4.69) is 21.2 Å². The summed E-state index contributed by atoms with van der Waals surface area (Å²) >= 11 is 1.25. The lowest BCUT2D eigenvalue weighted by Crippen LogP contribution is -2.41. The number of furan rings is 1. The number of hydrogen-bond donors (Lipinski definition) is 3. The summed E-state index contributed by atoms with van der Waals surface area (Å²) in [5.41, 5.74) is 7.82. The largest absolute Gasteiger partial charge is 0.459 e. The Bertz CT molecular complexity index is 1310. The van der Waals surface area contributed by atoms with Crippen LogP contribution in [0, 0.1) is 13.8 Å². The van der Waals surface area contributed by atoms with Gasteiger partial charge in [-0.15, -0.1) is 11.3 Å². The van der Waals surface area contributed by atoms with Crippen LogP contribution in [0.1, 0.15) is 41.8 Å². The lowest BCUT2D eigenvalue weighted by molar-refractivity contribution is 0.0848. The molecule has 4 aromatic rings. The van der Waals surface area contributed by atoms with Crippen LogP contribution < -0.4 is 16.2 Å². The van der Waals surface area contributed by atoms with Crippen molar-refractivity contribution in [1.29, 1.82) is 0 Å². The van der Waals surface area contributed by atoms with Crippen molar-refractivity contribution in [2.45, 2.75) is 13.8 Å². The standard InChI is InChI=1S/C24H20N4O4S/c1-14-10-11-17(13-18(14)26-22(30)19-9-6-12-32-19)21(29)27-28-23(31)20-15(2)25-24(33-20)16-7-4-3-5-8-16/h3-13H,1-2H3,(H,26,30)(H,27,29)(H,28,31). The van der Waals surface area contributed by atoms with Gasteiger partial charge in [-0.3, -0.25) is 25.2 Å². The number of carbonyl (C=O) groups is 3. The predicted molar refractivity (Wildman–Crippen MR) is 125 cm³/mol. The number of amides is 3. The highest BCUT2D eigenvalue weighted by atomic mass is 32.1. The summed E-state index contributed by atoms with van der Waals surface area (Å²) in [6.07, 6.45) is 1.40. The molecule has 166 valence electrons. The van der Waals surface area contributed by atoms with Gasteiger partial charge < -0.3 is 9.73 Å². The van der Waals surface area contributed by atoms with E-state index in [0.717, 1.165) is 16.1 Å². The number of nitrogens with zero attached hydrogens (tertiary/aromatic N) is 1. The van der Waals surface area contributed by atoms with Crippen LogP contribution in [0.2, 0.25) is 0 Å². The van der Waals surface area contributed by atoms with E-state index in [-0.39, 0.29) is 11.3 Å². The average molecular weight is 461 g/mol. The first kappa shape index (κ1) is 22.0. The van der Waals surface area contributed by atoms with Crippen LogP contribution in [-0.4, -0.2) is 22.7 Å². The van der Waals surface area contributed by atoms with Crippen molar-refractivity contribution in [1.82, 2.24) is 15.8 Å². The zero-order valence-electron chi connectivity index (χ0n) is 17.8. The van der Waals surface area contributed by atoms with E-state index >= 15 is 0 Å². The molecule has 8 nitrogen and oxygen atoms in total. The average Bonchev–Trinajstić information content (AvgIpc) is 3.49. The van der Waals surface area contributed by atoms with Crippen molar-refractivity contribution >= 4 is 34.7 Å². The Hall–Kier alpha value is -4.24. The van der Waals surface area contributed by atoms with Crippen LogP contribution in [0.5, 0.6) is 0 Å². The topological polar surface area (TPSA) is 113 Å². The molecule has 0 aliphatic rings. The number of benzene rings is 2.